The number of H-pyrrole nitrogens is 1. The van der Waals surface area contributed by atoms with E-state index < -0.39 is 11.7 Å². The molecular formula is C31H35N7O5. The molecule has 0 aliphatic carbocycles. The van der Waals surface area contributed by atoms with E-state index in [9.17, 15) is 14.4 Å². The number of hydrogen-bond acceptors (Lipinski definition) is 8. The van der Waals surface area contributed by atoms with Crippen LogP contribution in [0.3, 0.4) is 0 Å². The number of Topliss-reactive ketones (excluding diaryl/α,β-unsaturated/α-hetero) is 1. The van der Waals surface area contributed by atoms with Crippen molar-refractivity contribution in [2.45, 2.75) is 60.0 Å². The molecule has 224 valence electrons. The number of nitrogens with two attached hydrogens (primary N) is 1. The molecule has 1 aliphatic heterocycles. The van der Waals surface area contributed by atoms with E-state index in [0.717, 1.165) is 39.2 Å². The number of carbonyl (C=O) groups excluding carboxylic acids is 2. The average Bonchev–Trinajstić information content (AvgIpc) is 3.47. The normalized spacial score (nSPS) is 12.5. The van der Waals surface area contributed by atoms with Gasteiger partial charge in [0.25, 0.3) is 5.91 Å². The predicted octanol–water partition coefficient (Wildman–Crippen LogP) is 3.32. The Morgan fingerprint density at radius 2 is 1.77 bits per heavy atom. The van der Waals surface area contributed by atoms with E-state index in [-0.39, 0.29) is 30.0 Å². The van der Waals surface area contributed by atoms with Crippen molar-refractivity contribution in [3.8, 4) is 22.8 Å². The number of carbonyl (C=O) groups is 2. The number of aromatic nitrogens is 5. The number of hydrogen-bond donors (Lipinski definition) is 2. The molecule has 0 unspecified atom stereocenters. The van der Waals surface area contributed by atoms with Crippen LogP contribution in [0, 0.1) is 20.8 Å². The van der Waals surface area contributed by atoms with Crippen molar-refractivity contribution in [2.24, 2.45) is 10.7 Å². The summed E-state index contributed by atoms with van der Waals surface area (Å²) in [5.74, 6) is 0.0203. The summed E-state index contributed by atoms with van der Waals surface area (Å²) in [5.41, 5.74) is 11.8. The van der Waals surface area contributed by atoms with Gasteiger partial charge in [-0.2, -0.15) is 15.4 Å². The highest BCUT2D eigenvalue weighted by molar-refractivity contribution is 6.04. The minimum absolute atomic E-state index is 0.0310. The Labute approximate surface area is 248 Å². The molecule has 12 nitrogen and oxygen atoms in total. The number of nitrogens with zero attached hydrogens (tertiary/aromatic N) is 5. The summed E-state index contributed by atoms with van der Waals surface area (Å²) >= 11 is 0. The Morgan fingerprint density at radius 3 is 2.44 bits per heavy atom. The maximum absolute atomic E-state index is 14.1. The molecule has 3 N–H and O–H groups in total. The zero-order valence-electron chi connectivity index (χ0n) is 25.0. The number of rotatable bonds is 10. The zero-order chi connectivity index (χ0) is 30.8. The van der Waals surface area contributed by atoms with Crippen LogP contribution in [-0.2, 0) is 19.5 Å². The fourth-order valence-corrected chi connectivity index (χ4v) is 5.65. The van der Waals surface area contributed by atoms with E-state index in [2.05, 4.69) is 27.5 Å². The number of ether oxygens (including phenoxy) is 2. The van der Waals surface area contributed by atoms with Gasteiger partial charge < -0.3 is 15.2 Å². The lowest BCUT2D eigenvalue weighted by atomic mass is 9.97. The van der Waals surface area contributed by atoms with Gasteiger partial charge in [-0.25, -0.2) is 9.79 Å². The molecule has 0 bridgehead atoms. The number of ketones is 1. The van der Waals surface area contributed by atoms with Gasteiger partial charge in [-0.1, -0.05) is 17.7 Å². The van der Waals surface area contributed by atoms with Gasteiger partial charge >= 0.3 is 5.69 Å². The third-order valence-electron chi connectivity index (χ3n) is 7.56. The molecule has 1 amide bonds. The zero-order valence-corrected chi connectivity index (χ0v) is 25.0. The number of benzene rings is 2. The maximum atomic E-state index is 14.1. The molecule has 1 aliphatic rings. The van der Waals surface area contributed by atoms with Crippen LogP contribution in [0.5, 0.6) is 11.5 Å². The molecule has 0 atom stereocenters. The van der Waals surface area contributed by atoms with Crippen molar-refractivity contribution in [3.63, 3.8) is 0 Å². The molecule has 43 heavy (non-hydrogen) atoms. The standard InChI is InChI=1S/C31H35N7O5/c1-6-43-25-14-20-9-11-37-22(21(20)15-24(25)42-5)16-26(33-27-18(3)12-17(2)13-19(27)4)38(31(37)41)10-7-8-23(39)28-29(30(32)40)35-36-34-28/h12-16H,6-11H2,1-5H3,(H2,32,40)(H,34,35,36). The van der Waals surface area contributed by atoms with Crippen LogP contribution in [0.15, 0.2) is 40.1 Å². The SMILES string of the molecule is CCOc1cc2c(cc1OC)-c1cc(=Nc3c(C)cc(C)cc3C)n(CCCC(=O)c3n[nH]nc3C(N)=O)c(=O)n1CC2. The van der Waals surface area contributed by atoms with Crippen molar-refractivity contribution in [3.05, 3.63) is 79.9 Å². The average molecular weight is 586 g/mol. The van der Waals surface area contributed by atoms with Crippen molar-refractivity contribution < 1.29 is 19.1 Å². The van der Waals surface area contributed by atoms with Crippen molar-refractivity contribution in [1.82, 2.24) is 24.5 Å². The minimum Gasteiger partial charge on any atom is -0.493 e. The summed E-state index contributed by atoms with van der Waals surface area (Å²) < 4.78 is 14.7. The van der Waals surface area contributed by atoms with E-state index in [4.69, 9.17) is 20.2 Å². The predicted molar refractivity (Wildman–Crippen MR) is 160 cm³/mol. The Morgan fingerprint density at radius 1 is 1.05 bits per heavy atom. The minimum atomic E-state index is -0.838. The molecular weight excluding hydrogens is 550 g/mol. The quantitative estimate of drug-likeness (QED) is 0.270. The van der Waals surface area contributed by atoms with E-state index in [1.54, 1.807) is 16.2 Å². The Hall–Kier alpha value is -5.00. The number of aryl methyl sites for hydroxylation is 4. The van der Waals surface area contributed by atoms with E-state index in [0.29, 0.717) is 43.0 Å². The first-order valence-electron chi connectivity index (χ1n) is 14.2. The van der Waals surface area contributed by atoms with E-state index >= 15 is 0 Å². The van der Waals surface area contributed by atoms with Crippen LogP contribution in [0.1, 0.15) is 63.0 Å². The number of amides is 1. The Balaban J connectivity index is 1.61. The summed E-state index contributed by atoms with van der Waals surface area (Å²) in [6.07, 6.45) is 0.975. The van der Waals surface area contributed by atoms with Crippen LogP contribution in [0.2, 0.25) is 0 Å². The molecule has 0 fully saturated rings. The second-order valence-electron chi connectivity index (χ2n) is 10.6. The smallest absolute Gasteiger partial charge is 0.330 e. The number of primary amides is 1. The molecule has 0 radical (unpaired) electrons. The summed E-state index contributed by atoms with van der Waals surface area (Å²) in [6.45, 7) is 9.15. The summed E-state index contributed by atoms with van der Waals surface area (Å²) in [7, 11) is 1.59. The van der Waals surface area contributed by atoms with Gasteiger partial charge in [0.1, 0.15) is 5.49 Å². The molecule has 0 saturated heterocycles. The highest BCUT2D eigenvalue weighted by Crippen LogP contribution is 2.37. The first kappa shape index (κ1) is 29.5. The Bertz CT molecular complexity index is 1840. The Kier molecular flexibility index (Phi) is 8.29. The first-order chi connectivity index (χ1) is 20.6. The van der Waals surface area contributed by atoms with Crippen LogP contribution >= 0.6 is 0 Å². The molecule has 2 aromatic heterocycles. The van der Waals surface area contributed by atoms with E-state index in [1.165, 1.54) is 0 Å². The fourth-order valence-electron chi connectivity index (χ4n) is 5.65. The van der Waals surface area contributed by atoms with E-state index in [1.807, 2.05) is 45.9 Å². The monoisotopic (exact) mass is 585 g/mol. The van der Waals surface area contributed by atoms with Crippen LogP contribution in [-0.4, -0.2) is 50.0 Å². The molecule has 4 aromatic rings. The summed E-state index contributed by atoms with van der Waals surface area (Å²) in [6, 6.07) is 9.93. The summed E-state index contributed by atoms with van der Waals surface area (Å²) in [4.78, 5) is 43.5. The maximum Gasteiger partial charge on any atom is 0.330 e. The number of fused-ring (bicyclic) bond motifs is 3. The topological polar surface area (TPSA) is 159 Å². The second kappa shape index (κ2) is 12.1. The fraction of sp³-hybridized carbons (Fsp3) is 0.355. The van der Waals surface area contributed by atoms with Gasteiger partial charge in [-0.15, -0.1) is 0 Å². The van der Waals surface area contributed by atoms with Gasteiger partial charge in [0, 0.05) is 31.1 Å². The highest BCUT2D eigenvalue weighted by atomic mass is 16.5. The highest BCUT2D eigenvalue weighted by Gasteiger charge is 2.24. The lowest BCUT2D eigenvalue weighted by molar-refractivity contribution is 0.0949. The third-order valence-corrected chi connectivity index (χ3v) is 7.56. The first-order valence-corrected chi connectivity index (χ1v) is 14.2. The largest absolute Gasteiger partial charge is 0.493 e. The van der Waals surface area contributed by atoms with Gasteiger partial charge in [-0.05, 0) is 69.4 Å². The van der Waals surface area contributed by atoms with Crippen molar-refractivity contribution in [1.29, 1.82) is 0 Å². The van der Waals surface area contributed by atoms with Gasteiger partial charge in [0.05, 0.1) is 25.1 Å². The van der Waals surface area contributed by atoms with Gasteiger partial charge in [-0.3, -0.25) is 18.7 Å². The van der Waals surface area contributed by atoms with Gasteiger partial charge in [0.15, 0.2) is 28.7 Å². The molecule has 3 heterocycles. The summed E-state index contributed by atoms with van der Waals surface area (Å²) in [5, 5.41) is 9.75. The van der Waals surface area contributed by atoms with Crippen LogP contribution < -0.4 is 26.4 Å². The number of nitrogens with one attached hydrogen (secondary N) is 1. The molecule has 5 rings (SSSR count). The molecule has 0 saturated carbocycles. The third kappa shape index (κ3) is 5.72. The second-order valence-corrected chi connectivity index (χ2v) is 10.6. The lowest BCUT2D eigenvalue weighted by Gasteiger charge is -2.25. The molecule has 2 aromatic carbocycles. The van der Waals surface area contributed by atoms with Crippen molar-refractivity contribution in [2.75, 3.05) is 13.7 Å². The van der Waals surface area contributed by atoms with Crippen LogP contribution in [0.25, 0.3) is 11.3 Å². The lowest BCUT2D eigenvalue weighted by Crippen LogP contribution is -2.42. The number of methoxy groups -OCH3 is 1. The molecule has 12 heteroatoms. The number of aromatic amines is 1. The van der Waals surface area contributed by atoms with Gasteiger partial charge in [0.2, 0.25) is 0 Å². The van der Waals surface area contributed by atoms with Crippen LogP contribution in [0.4, 0.5) is 5.69 Å². The molecule has 0 spiro atoms. The van der Waals surface area contributed by atoms with Crippen molar-refractivity contribution >= 4 is 17.4 Å².